The summed E-state index contributed by atoms with van der Waals surface area (Å²) in [4.78, 5) is 12.0. The van der Waals surface area contributed by atoms with Gasteiger partial charge in [-0.1, -0.05) is 29.3 Å². The second-order valence-electron chi connectivity index (χ2n) is 5.65. The van der Waals surface area contributed by atoms with Crippen LogP contribution in [-0.2, 0) is 10.5 Å². The number of benzene rings is 2. The zero-order valence-electron chi connectivity index (χ0n) is 14.6. The van der Waals surface area contributed by atoms with Gasteiger partial charge in [-0.3, -0.25) is 4.79 Å². The largest absolute Gasteiger partial charge is 0.497 e. The van der Waals surface area contributed by atoms with E-state index in [4.69, 9.17) is 32.7 Å². The van der Waals surface area contributed by atoms with Gasteiger partial charge in [-0.05, 0) is 48.9 Å². The number of hydrogen-bond donors (Lipinski definition) is 1. The molecule has 0 bridgehead atoms. The molecule has 2 rings (SSSR count). The van der Waals surface area contributed by atoms with Gasteiger partial charge in [-0.2, -0.15) is 0 Å². The third-order valence-electron chi connectivity index (χ3n) is 3.51. The number of halogens is 2. The molecule has 0 heterocycles. The quantitative estimate of drug-likeness (QED) is 0.639. The summed E-state index contributed by atoms with van der Waals surface area (Å²) in [7, 11) is 1.62. The number of carbonyl (C=O) groups excluding carboxylic acids is 1. The van der Waals surface area contributed by atoms with Crippen molar-refractivity contribution in [3.8, 4) is 11.5 Å². The molecule has 0 aliphatic carbocycles. The highest BCUT2D eigenvalue weighted by Crippen LogP contribution is 2.28. The van der Waals surface area contributed by atoms with Crippen molar-refractivity contribution in [3.05, 3.63) is 58.1 Å². The molecule has 0 saturated carbocycles. The Labute approximate surface area is 168 Å². The molecule has 26 heavy (non-hydrogen) atoms. The molecule has 0 aromatic heterocycles. The van der Waals surface area contributed by atoms with Gasteiger partial charge in [0.25, 0.3) is 0 Å². The maximum absolute atomic E-state index is 12.0. The van der Waals surface area contributed by atoms with Crippen LogP contribution in [0.5, 0.6) is 11.5 Å². The SMILES string of the molecule is COc1ccc(OCC(C)NC(=O)CSCc2c(Cl)cccc2Cl)cc1. The van der Waals surface area contributed by atoms with E-state index in [1.165, 1.54) is 11.8 Å². The molecule has 7 heteroatoms. The summed E-state index contributed by atoms with van der Waals surface area (Å²) < 4.78 is 10.8. The molecule has 1 amide bonds. The van der Waals surface area contributed by atoms with Crippen molar-refractivity contribution in [3.63, 3.8) is 0 Å². The molecule has 0 saturated heterocycles. The van der Waals surface area contributed by atoms with E-state index >= 15 is 0 Å². The van der Waals surface area contributed by atoms with Crippen molar-refractivity contribution < 1.29 is 14.3 Å². The van der Waals surface area contributed by atoms with E-state index in [0.29, 0.717) is 28.2 Å². The Kier molecular flexibility index (Phi) is 8.42. The fourth-order valence-electron chi connectivity index (χ4n) is 2.17. The van der Waals surface area contributed by atoms with Crippen LogP contribution in [0.1, 0.15) is 12.5 Å². The van der Waals surface area contributed by atoms with Crippen molar-refractivity contribution in [2.24, 2.45) is 0 Å². The van der Waals surface area contributed by atoms with Crippen LogP contribution in [0.25, 0.3) is 0 Å². The van der Waals surface area contributed by atoms with Crippen LogP contribution in [-0.4, -0.2) is 31.4 Å². The lowest BCUT2D eigenvalue weighted by molar-refractivity contribution is -0.119. The molecule has 0 radical (unpaired) electrons. The van der Waals surface area contributed by atoms with Crippen LogP contribution in [0, 0.1) is 0 Å². The molecule has 1 N–H and O–H groups in total. The van der Waals surface area contributed by atoms with E-state index < -0.39 is 0 Å². The number of nitrogens with one attached hydrogen (secondary N) is 1. The Balaban J connectivity index is 1.69. The Morgan fingerprint density at radius 3 is 2.35 bits per heavy atom. The molecule has 4 nitrogen and oxygen atoms in total. The van der Waals surface area contributed by atoms with Crippen molar-refractivity contribution >= 4 is 40.9 Å². The highest BCUT2D eigenvalue weighted by Gasteiger charge is 2.10. The van der Waals surface area contributed by atoms with Gasteiger partial charge in [0, 0.05) is 15.8 Å². The van der Waals surface area contributed by atoms with Gasteiger partial charge in [-0.25, -0.2) is 0 Å². The van der Waals surface area contributed by atoms with Gasteiger partial charge in [0.15, 0.2) is 0 Å². The van der Waals surface area contributed by atoms with Crippen molar-refractivity contribution in [1.29, 1.82) is 0 Å². The van der Waals surface area contributed by atoms with E-state index in [9.17, 15) is 4.79 Å². The molecule has 140 valence electrons. The van der Waals surface area contributed by atoms with E-state index in [2.05, 4.69) is 5.32 Å². The van der Waals surface area contributed by atoms with Gasteiger partial charge < -0.3 is 14.8 Å². The Morgan fingerprint density at radius 1 is 1.12 bits per heavy atom. The first-order chi connectivity index (χ1) is 12.5. The van der Waals surface area contributed by atoms with Crippen LogP contribution in [0.2, 0.25) is 10.0 Å². The predicted molar refractivity (Wildman–Crippen MR) is 109 cm³/mol. The summed E-state index contributed by atoms with van der Waals surface area (Å²) in [6, 6.07) is 12.6. The highest BCUT2D eigenvalue weighted by molar-refractivity contribution is 7.99. The lowest BCUT2D eigenvalue weighted by Crippen LogP contribution is -2.37. The van der Waals surface area contributed by atoms with Crippen molar-refractivity contribution in [1.82, 2.24) is 5.32 Å². The normalized spacial score (nSPS) is 11.7. The predicted octanol–water partition coefficient (Wildman–Crippen LogP) is 4.82. The van der Waals surface area contributed by atoms with Gasteiger partial charge in [0.2, 0.25) is 5.91 Å². The first-order valence-electron chi connectivity index (χ1n) is 8.06. The number of methoxy groups -OCH3 is 1. The topological polar surface area (TPSA) is 47.6 Å². The standard InChI is InChI=1S/C19H21Cl2NO3S/c1-13(10-25-15-8-6-14(24-2)7-9-15)22-19(23)12-26-11-16-17(20)4-3-5-18(16)21/h3-9,13H,10-12H2,1-2H3,(H,22,23). The highest BCUT2D eigenvalue weighted by atomic mass is 35.5. The Morgan fingerprint density at radius 2 is 1.73 bits per heavy atom. The number of carbonyl (C=O) groups is 1. The molecule has 1 unspecified atom stereocenters. The molecule has 2 aromatic rings. The lowest BCUT2D eigenvalue weighted by Gasteiger charge is -2.15. The number of amides is 1. The van der Waals surface area contributed by atoms with E-state index in [-0.39, 0.29) is 11.9 Å². The number of ether oxygens (including phenoxy) is 2. The third-order valence-corrected chi connectivity index (χ3v) is 5.18. The summed E-state index contributed by atoms with van der Waals surface area (Å²) in [5.74, 6) is 2.37. The van der Waals surface area contributed by atoms with E-state index in [0.717, 1.165) is 17.1 Å². The third kappa shape index (κ3) is 6.63. The molecule has 1 atom stereocenters. The number of hydrogen-bond acceptors (Lipinski definition) is 4. The average Bonchev–Trinajstić information content (AvgIpc) is 2.63. The van der Waals surface area contributed by atoms with Gasteiger partial charge in [0.1, 0.15) is 18.1 Å². The lowest BCUT2D eigenvalue weighted by atomic mass is 10.2. The minimum Gasteiger partial charge on any atom is -0.497 e. The van der Waals surface area contributed by atoms with Crippen LogP contribution >= 0.6 is 35.0 Å². The summed E-state index contributed by atoms with van der Waals surface area (Å²) >= 11 is 13.7. The second kappa shape index (κ2) is 10.6. The van der Waals surface area contributed by atoms with Crippen LogP contribution in [0.3, 0.4) is 0 Å². The van der Waals surface area contributed by atoms with Crippen LogP contribution in [0.4, 0.5) is 0 Å². The zero-order valence-corrected chi connectivity index (χ0v) is 17.0. The molecule has 0 fully saturated rings. The van der Waals surface area contributed by atoms with Crippen LogP contribution < -0.4 is 14.8 Å². The minimum absolute atomic E-state index is 0.0518. The first-order valence-corrected chi connectivity index (χ1v) is 9.97. The molecule has 0 spiro atoms. The summed E-state index contributed by atoms with van der Waals surface area (Å²) in [5, 5.41) is 4.15. The monoisotopic (exact) mass is 413 g/mol. The summed E-state index contributed by atoms with van der Waals surface area (Å²) in [6.07, 6.45) is 0. The average molecular weight is 414 g/mol. The summed E-state index contributed by atoms with van der Waals surface area (Å²) in [6.45, 7) is 2.29. The zero-order chi connectivity index (χ0) is 18.9. The fourth-order valence-corrected chi connectivity index (χ4v) is 3.74. The van der Waals surface area contributed by atoms with Crippen molar-refractivity contribution in [2.75, 3.05) is 19.5 Å². The first kappa shape index (κ1) is 20.7. The maximum atomic E-state index is 12.0. The van der Waals surface area contributed by atoms with Gasteiger partial charge >= 0.3 is 0 Å². The smallest absolute Gasteiger partial charge is 0.230 e. The molecular formula is C19H21Cl2NO3S. The number of thioether (sulfide) groups is 1. The van der Waals surface area contributed by atoms with Crippen LogP contribution in [0.15, 0.2) is 42.5 Å². The van der Waals surface area contributed by atoms with Gasteiger partial charge in [-0.15, -0.1) is 11.8 Å². The molecule has 0 aliphatic rings. The molecule has 2 aromatic carbocycles. The van der Waals surface area contributed by atoms with E-state index in [1.54, 1.807) is 25.3 Å². The molecular weight excluding hydrogens is 393 g/mol. The Bertz CT molecular complexity index is 705. The molecule has 0 aliphatic heterocycles. The second-order valence-corrected chi connectivity index (χ2v) is 7.45. The Hall–Kier alpha value is -1.56. The maximum Gasteiger partial charge on any atom is 0.230 e. The van der Waals surface area contributed by atoms with Crippen molar-refractivity contribution in [2.45, 2.75) is 18.7 Å². The fraction of sp³-hybridized carbons (Fsp3) is 0.316. The minimum atomic E-state index is -0.103. The van der Waals surface area contributed by atoms with E-state index in [1.807, 2.05) is 31.2 Å². The van der Waals surface area contributed by atoms with Gasteiger partial charge in [0.05, 0.1) is 18.9 Å². The number of rotatable bonds is 9. The summed E-state index contributed by atoms with van der Waals surface area (Å²) in [5.41, 5.74) is 0.851.